The number of amides is 2. The lowest BCUT2D eigenvalue weighted by Crippen LogP contribution is -2.43. The van der Waals surface area contributed by atoms with Crippen molar-refractivity contribution in [3.05, 3.63) is 36.0 Å². The summed E-state index contributed by atoms with van der Waals surface area (Å²) >= 11 is 0. The maximum atomic E-state index is 12.4. The van der Waals surface area contributed by atoms with Gasteiger partial charge in [0.1, 0.15) is 0 Å². The van der Waals surface area contributed by atoms with E-state index in [2.05, 4.69) is 36.3 Å². The van der Waals surface area contributed by atoms with E-state index in [1.807, 2.05) is 23.2 Å². The summed E-state index contributed by atoms with van der Waals surface area (Å²) in [6.45, 7) is 6.17. The van der Waals surface area contributed by atoms with E-state index in [-0.39, 0.29) is 17.7 Å². The second kappa shape index (κ2) is 8.39. The molecular weight excluding hydrogens is 326 g/mol. The minimum absolute atomic E-state index is 0.0288. The van der Waals surface area contributed by atoms with E-state index in [1.54, 1.807) is 0 Å². The Morgan fingerprint density at radius 2 is 1.96 bits per heavy atom. The number of hydrogen-bond acceptors (Lipinski definition) is 2. The fourth-order valence-electron chi connectivity index (χ4n) is 3.67. The highest BCUT2D eigenvalue weighted by atomic mass is 16.2. The summed E-state index contributed by atoms with van der Waals surface area (Å²) in [5, 5.41) is 4.30. The summed E-state index contributed by atoms with van der Waals surface area (Å²) in [6, 6.07) is 8.22. The maximum absolute atomic E-state index is 12.4. The number of H-pyrrole nitrogens is 1. The third kappa shape index (κ3) is 4.45. The molecule has 2 heterocycles. The predicted octanol–water partition coefficient (Wildman–Crippen LogP) is 3.11. The quantitative estimate of drug-likeness (QED) is 0.836. The first-order chi connectivity index (χ1) is 12.5. The molecule has 0 aliphatic carbocycles. The van der Waals surface area contributed by atoms with Gasteiger partial charge in [0.25, 0.3) is 0 Å². The van der Waals surface area contributed by atoms with Crippen molar-refractivity contribution in [3.63, 3.8) is 0 Å². The first-order valence-corrected chi connectivity index (χ1v) is 9.65. The number of carbonyl (C=O) groups is 2. The van der Waals surface area contributed by atoms with Gasteiger partial charge in [-0.2, -0.15) is 0 Å². The highest BCUT2D eigenvalue weighted by molar-refractivity contribution is 5.83. The molecule has 1 aliphatic rings. The third-order valence-corrected chi connectivity index (χ3v) is 5.17. The Balaban J connectivity index is 1.43. The van der Waals surface area contributed by atoms with Gasteiger partial charge >= 0.3 is 0 Å². The first-order valence-electron chi connectivity index (χ1n) is 9.65. The van der Waals surface area contributed by atoms with Crippen LogP contribution in [0, 0.1) is 11.8 Å². The van der Waals surface area contributed by atoms with Crippen LogP contribution in [0.1, 0.15) is 38.7 Å². The Kier molecular flexibility index (Phi) is 5.96. The number of para-hydroxylation sites is 1. The summed E-state index contributed by atoms with van der Waals surface area (Å²) < 4.78 is 0. The monoisotopic (exact) mass is 355 g/mol. The van der Waals surface area contributed by atoms with E-state index in [0.717, 1.165) is 24.8 Å². The van der Waals surface area contributed by atoms with E-state index in [4.69, 9.17) is 0 Å². The largest absolute Gasteiger partial charge is 0.361 e. The maximum Gasteiger partial charge on any atom is 0.223 e. The highest BCUT2D eigenvalue weighted by Gasteiger charge is 2.27. The Morgan fingerprint density at radius 3 is 2.69 bits per heavy atom. The number of nitrogens with zero attached hydrogens (tertiary/aromatic N) is 1. The number of hydrogen-bond donors (Lipinski definition) is 2. The minimum Gasteiger partial charge on any atom is -0.361 e. The molecule has 2 aromatic rings. The molecule has 0 radical (unpaired) electrons. The molecule has 2 amide bonds. The van der Waals surface area contributed by atoms with E-state index in [0.29, 0.717) is 32.0 Å². The summed E-state index contributed by atoms with van der Waals surface area (Å²) in [7, 11) is 0. The van der Waals surface area contributed by atoms with Crippen LogP contribution in [0.2, 0.25) is 0 Å². The minimum atomic E-state index is 0.0288. The van der Waals surface area contributed by atoms with Gasteiger partial charge in [-0.1, -0.05) is 32.0 Å². The summed E-state index contributed by atoms with van der Waals surface area (Å²) in [4.78, 5) is 29.7. The molecule has 0 spiro atoms. The molecule has 1 aliphatic heterocycles. The van der Waals surface area contributed by atoms with Gasteiger partial charge < -0.3 is 15.2 Å². The topological polar surface area (TPSA) is 65.2 Å². The van der Waals surface area contributed by atoms with Crippen LogP contribution in [-0.4, -0.2) is 41.3 Å². The van der Waals surface area contributed by atoms with Crippen molar-refractivity contribution in [3.8, 4) is 0 Å². The van der Waals surface area contributed by atoms with Gasteiger partial charge in [0.05, 0.1) is 0 Å². The average molecular weight is 355 g/mol. The third-order valence-electron chi connectivity index (χ3n) is 5.17. The van der Waals surface area contributed by atoms with Crippen molar-refractivity contribution >= 4 is 22.7 Å². The highest BCUT2D eigenvalue weighted by Crippen LogP contribution is 2.20. The number of fused-ring (bicyclic) bond motifs is 1. The van der Waals surface area contributed by atoms with Crippen molar-refractivity contribution in [1.82, 2.24) is 15.2 Å². The zero-order chi connectivity index (χ0) is 18.5. The Morgan fingerprint density at radius 1 is 1.23 bits per heavy atom. The number of nitrogens with one attached hydrogen (secondary N) is 2. The van der Waals surface area contributed by atoms with Crippen LogP contribution in [0.15, 0.2) is 30.5 Å². The smallest absolute Gasteiger partial charge is 0.223 e. The molecule has 1 aromatic carbocycles. The standard InChI is InChI=1S/C21H29N3O2/c1-15(2)13-20(25)24-11-8-16(9-12-24)21(26)22-10-7-17-14-23-19-6-4-3-5-18(17)19/h3-6,14-16,23H,7-13H2,1-2H3,(H,22,26). The number of likely N-dealkylation sites (tertiary alicyclic amines) is 1. The molecule has 5 nitrogen and oxygen atoms in total. The molecule has 0 atom stereocenters. The number of aromatic nitrogens is 1. The Hall–Kier alpha value is -2.30. The van der Waals surface area contributed by atoms with Crippen LogP contribution in [-0.2, 0) is 16.0 Å². The van der Waals surface area contributed by atoms with E-state index >= 15 is 0 Å². The number of aromatic amines is 1. The fourth-order valence-corrected chi connectivity index (χ4v) is 3.67. The molecule has 140 valence electrons. The Labute approximate surface area is 155 Å². The number of benzene rings is 1. The van der Waals surface area contributed by atoms with Crippen molar-refractivity contribution < 1.29 is 9.59 Å². The van der Waals surface area contributed by atoms with Gasteiger partial charge in [0.2, 0.25) is 11.8 Å². The summed E-state index contributed by atoms with van der Waals surface area (Å²) in [5.41, 5.74) is 2.36. The molecule has 1 fully saturated rings. The normalized spacial score (nSPS) is 15.6. The molecule has 1 saturated heterocycles. The molecule has 2 N–H and O–H groups in total. The van der Waals surface area contributed by atoms with Gasteiger partial charge in [-0.05, 0) is 36.8 Å². The molecule has 3 rings (SSSR count). The van der Waals surface area contributed by atoms with Crippen LogP contribution >= 0.6 is 0 Å². The van der Waals surface area contributed by atoms with E-state index in [1.165, 1.54) is 10.9 Å². The van der Waals surface area contributed by atoms with E-state index in [9.17, 15) is 9.59 Å². The van der Waals surface area contributed by atoms with Crippen molar-refractivity contribution in [1.29, 1.82) is 0 Å². The Bertz CT molecular complexity index is 757. The molecular formula is C21H29N3O2. The lowest BCUT2D eigenvalue weighted by atomic mass is 9.95. The molecule has 0 bridgehead atoms. The number of carbonyl (C=O) groups excluding carboxylic acids is 2. The molecule has 0 saturated carbocycles. The average Bonchev–Trinajstić information content (AvgIpc) is 3.04. The molecule has 1 aromatic heterocycles. The zero-order valence-electron chi connectivity index (χ0n) is 15.8. The fraction of sp³-hybridized carbons (Fsp3) is 0.524. The second-order valence-electron chi connectivity index (χ2n) is 7.65. The molecule has 0 unspecified atom stereocenters. The van der Waals surface area contributed by atoms with Crippen LogP contribution in [0.25, 0.3) is 10.9 Å². The van der Waals surface area contributed by atoms with Crippen molar-refractivity contribution in [2.24, 2.45) is 11.8 Å². The zero-order valence-corrected chi connectivity index (χ0v) is 15.8. The SMILES string of the molecule is CC(C)CC(=O)N1CCC(C(=O)NCCc2c[nH]c3ccccc23)CC1. The van der Waals surface area contributed by atoms with E-state index < -0.39 is 0 Å². The molecule has 5 heteroatoms. The first kappa shape index (κ1) is 18.5. The summed E-state index contributed by atoms with van der Waals surface area (Å²) in [6.07, 6.45) is 4.98. The predicted molar refractivity (Wildman–Crippen MR) is 104 cm³/mol. The summed E-state index contributed by atoms with van der Waals surface area (Å²) in [5.74, 6) is 0.757. The van der Waals surface area contributed by atoms with Crippen LogP contribution in [0.4, 0.5) is 0 Å². The van der Waals surface area contributed by atoms with Gasteiger partial charge in [0.15, 0.2) is 0 Å². The van der Waals surface area contributed by atoms with Gasteiger partial charge in [-0.3, -0.25) is 9.59 Å². The lowest BCUT2D eigenvalue weighted by Gasteiger charge is -2.31. The van der Waals surface area contributed by atoms with Crippen LogP contribution < -0.4 is 5.32 Å². The lowest BCUT2D eigenvalue weighted by molar-refractivity contribution is -0.136. The van der Waals surface area contributed by atoms with Crippen molar-refractivity contribution in [2.75, 3.05) is 19.6 Å². The van der Waals surface area contributed by atoms with Crippen LogP contribution in [0.3, 0.4) is 0 Å². The van der Waals surface area contributed by atoms with Gasteiger partial charge in [0, 0.05) is 49.1 Å². The second-order valence-corrected chi connectivity index (χ2v) is 7.65. The van der Waals surface area contributed by atoms with Crippen molar-refractivity contribution in [2.45, 2.75) is 39.5 Å². The number of piperidine rings is 1. The van der Waals surface area contributed by atoms with Crippen LogP contribution in [0.5, 0.6) is 0 Å². The van der Waals surface area contributed by atoms with Gasteiger partial charge in [-0.15, -0.1) is 0 Å². The molecule has 26 heavy (non-hydrogen) atoms. The van der Waals surface area contributed by atoms with Gasteiger partial charge in [-0.25, -0.2) is 0 Å². The number of rotatable bonds is 6.